The van der Waals surface area contributed by atoms with E-state index in [2.05, 4.69) is 22.1 Å². The van der Waals surface area contributed by atoms with Crippen molar-refractivity contribution in [3.8, 4) is 11.8 Å². The zero-order valence-corrected chi connectivity index (χ0v) is 10.5. The number of carbonyl (C=O) groups is 1. The number of H-pyrrole nitrogens is 1. The van der Waals surface area contributed by atoms with Gasteiger partial charge in [-0.15, -0.1) is 0 Å². The second-order valence-corrected chi connectivity index (χ2v) is 3.89. The molecule has 3 N–H and O–H groups in total. The molecule has 2 aromatic rings. The number of para-hydroxylation sites is 1. The highest BCUT2D eigenvalue weighted by Gasteiger charge is 2.08. The van der Waals surface area contributed by atoms with Crippen molar-refractivity contribution in [1.29, 1.82) is 0 Å². The van der Waals surface area contributed by atoms with E-state index in [1.165, 1.54) is 18.2 Å². The minimum atomic E-state index is -0.430. The van der Waals surface area contributed by atoms with Crippen LogP contribution in [-0.4, -0.2) is 22.6 Å². The van der Waals surface area contributed by atoms with Gasteiger partial charge < -0.3 is 15.4 Å². The number of hydrogen-bond donors (Lipinski definition) is 3. The lowest BCUT2D eigenvalue weighted by Crippen LogP contribution is -2.18. The molecule has 0 saturated carbocycles. The van der Waals surface area contributed by atoms with Crippen molar-refractivity contribution in [2.24, 2.45) is 0 Å². The first kappa shape index (κ1) is 13.6. The number of aromatic nitrogens is 1. The van der Waals surface area contributed by atoms with Crippen LogP contribution in [0.1, 0.15) is 16.1 Å². The Bertz CT molecular complexity index is 738. The summed E-state index contributed by atoms with van der Waals surface area (Å²) in [5, 5.41) is 11.4. The minimum absolute atomic E-state index is 0.169. The molecule has 1 heterocycles. The molecule has 0 radical (unpaired) electrons. The quantitative estimate of drug-likeness (QED) is 0.710. The number of pyridine rings is 1. The first-order valence-corrected chi connectivity index (χ1v) is 5.90. The monoisotopic (exact) mass is 268 g/mol. The predicted octanol–water partition coefficient (Wildman–Crippen LogP) is 0.971. The van der Waals surface area contributed by atoms with Gasteiger partial charge in [-0.1, -0.05) is 30.0 Å². The summed E-state index contributed by atoms with van der Waals surface area (Å²) in [4.78, 5) is 25.6. The van der Waals surface area contributed by atoms with Crippen LogP contribution in [0.5, 0.6) is 0 Å². The molecule has 0 fully saturated rings. The Morgan fingerprint density at radius 3 is 2.75 bits per heavy atom. The Balaban J connectivity index is 2.26. The SMILES string of the molecule is O=C(Nc1ccccc1C#CCO)c1cccc(=O)[nH]1. The molecular formula is C15H12N2O3. The van der Waals surface area contributed by atoms with Crippen LogP contribution in [-0.2, 0) is 0 Å². The average molecular weight is 268 g/mol. The summed E-state index contributed by atoms with van der Waals surface area (Å²) in [6.45, 7) is -0.256. The highest BCUT2D eigenvalue weighted by molar-refractivity contribution is 6.03. The molecule has 0 aliphatic heterocycles. The van der Waals surface area contributed by atoms with Crippen LogP contribution in [0.4, 0.5) is 5.69 Å². The molecular weight excluding hydrogens is 256 g/mol. The number of aliphatic hydroxyl groups excluding tert-OH is 1. The number of amides is 1. The molecule has 0 spiro atoms. The van der Waals surface area contributed by atoms with Gasteiger partial charge in [0.2, 0.25) is 5.56 Å². The Labute approximate surface area is 115 Å². The maximum atomic E-state index is 12.0. The molecule has 20 heavy (non-hydrogen) atoms. The number of benzene rings is 1. The maximum absolute atomic E-state index is 12.0. The summed E-state index contributed by atoms with van der Waals surface area (Å²) >= 11 is 0. The van der Waals surface area contributed by atoms with Crippen molar-refractivity contribution in [2.75, 3.05) is 11.9 Å². The molecule has 0 atom stereocenters. The van der Waals surface area contributed by atoms with Gasteiger partial charge in [0.15, 0.2) is 0 Å². The number of carbonyl (C=O) groups excluding carboxylic acids is 1. The Morgan fingerprint density at radius 2 is 2.00 bits per heavy atom. The van der Waals surface area contributed by atoms with Gasteiger partial charge in [0.1, 0.15) is 12.3 Å². The van der Waals surface area contributed by atoms with Crippen LogP contribution >= 0.6 is 0 Å². The number of aromatic amines is 1. The van der Waals surface area contributed by atoms with Crippen LogP contribution in [0, 0.1) is 11.8 Å². The fraction of sp³-hybridized carbons (Fsp3) is 0.0667. The highest BCUT2D eigenvalue weighted by atomic mass is 16.2. The maximum Gasteiger partial charge on any atom is 0.272 e. The van der Waals surface area contributed by atoms with Crippen molar-refractivity contribution in [2.45, 2.75) is 0 Å². The fourth-order valence-electron chi connectivity index (χ4n) is 1.61. The molecule has 0 bridgehead atoms. The summed E-state index contributed by atoms with van der Waals surface area (Å²) < 4.78 is 0. The van der Waals surface area contributed by atoms with E-state index in [0.29, 0.717) is 11.3 Å². The van der Waals surface area contributed by atoms with E-state index in [-0.39, 0.29) is 17.9 Å². The molecule has 0 saturated heterocycles. The Kier molecular flexibility index (Phi) is 4.32. The third-order valence-corrected chi connectivity index (χ3v) is 2.49. The van der Waals surface area contributed by atoms with Crippen LogP contribution in [0.15, 0.2) is 47.3 Å². The van der Waals surface area contributed by atoms with E-state index in [4.69, 9.17) is 5.11 Å². The summed E-state index contributed by atoms with van der Waals surface area (Å²) in [6, 6.07) is 11.3. The van der Waals surface area contributed by atoms with Crippen LogP contribution in [0.3, 0.4) is 0 Å². The molecule has 0 unspecified atom stereocenters. The molecule has 1 aromatic carbocycles. The van der Waals surface area contributed by atoms with E-state index in [9.17, 15) is 9.59 Å². The number of rotatable bonds is 2. The minimum Gasteiger partial charge on any atom is -0.384 e. The van der Waals surface area contributed by atoms with E-state index in [1.54, 1.807) is 24.3 Å². The number of hydrogen-bond acceptors (Lipinski definition) is 3. The first-order valence-electron chi connectivity index (χ1n) is 5.90. The Morgan fingerprint density at radius 1 is 1.20 bits per heavy atom. The molecule has 0 aliphatic rings. The lowest BCUT2D eigenvalue weighted by atomic mass is 10.1. The van der Waals surface area contributed by atoms with Crippen molar-refractivity contribution in [3.63, 3.8) is 0 Å². The molecule has 0 aliphatic carbocycles. The largest absolute Gasteiger partial charge is 0.384 e. The second kappa shape index (κ2) is 6.36. The third-order valence-electron chi connectivity index (χ3n) is 2.49. The second-order valence-electron chi connectivity index (χ2n) is 3.89. The van der Waals surface area contributed by atoms with Gasteiger partial charge in [0.25, 0.3) is 5.91 Å². The van der Waals surface area contributed by atoms with Gasteiger partial charge >= 0.3 is 0 Å². The molecule has 5 heteroatoms. The normalized spacial score (nSPS) is 9.45. The van der Waals surface area contributed by atoms with Gasteiger partial charge in [0.05, 0.1) is 5.69 Å². The Hall–Kier alpha value is -2.84. The van der Waals surface area contributed by atoms with Crippen molar-refractivity contribution >= 4 is 11.6 Å². The summed E-state index contributed by atoms with van der Waals surface area (Å²) in [7, 11) is 0. The zero-order valence-electron chi connectivity index (χ0n) is 10.5. The van der Waals surface area contributed by atoms with E-state index in [1.807, 2.05) is 0 Å². The first-order chi connectivity index (χ1) is 9.70. The van der Waals surface area contributed by atoms with E-state index >= 15 is 0 Å². The summed E-state index contributed by atoms with van der Waals surface area (Å²) in [6.07, 6.45) is 0. The number of nitrogens with one attached hydrogen (secondary N) is 2. The topological polar surface area (TPSA) is 82.2 Å². The van der Waals surface area contributed by atoms with Gasteiger partial charge in [-0.25, -0.2) is 0 Å². The molecule has 2 rings (SSSR count). The van der Waals surface area contributed by atoms with Crippen LogP contribution in [0.25, 0.3) is 0 Å². The van der Waals surface area contributed by atoms with Gasteiger partial charge in [-0.2, -0.15) is 0 Å². The average Bonchev–Trinajstić information content (AvgIpc) is 2.46. The molecule has 1 aromatic heterocycles. The van der Waals surface area contributed by atoms with E-state index < -0.39 is 5.91 Å². The number of anilines is 1. The fourth-order valence-corrected chi connectivity index (χ4v) is 1.61. The van der Waals surface area contributed by atoms with Crippen molar-refractivity contribution < 1.29 is 9.90 Å². The number of aliphatic hydroxyl groups is 1. The van der Waals surface area contributed by atoms with Crippen LogP contribution in [0.2, 0.25) is 0 Å². The molecule has 1 amide bonds. The summed E-state index contributed by atoms with van der Waals surface area (Å²) in [5.41, 5.74) is 0.935. The molecule has 5 nitrogen and oxygen atoms in total. The molecule has 100 valence electrons. The van der Waals surface area contributed by atoms with Crippen molar-refractivity contribution in [1.82, 2.24) is 4.98 Å². The standard InChI is InChI=1S/C15H12N2O3/c18-10-4-6-11-5-1-2-7-12(11)17-15(20)13-8-3-9-14(19)16-13/h1-3,5,7-9,18H,10H2,(H,16,19)(H,17,20). The van der Waals surface area contributed by atoms with E-state index in [0.717, 1.165) is 0 Å². The van der Waals surface area contributed by atoms with Crippen LogP contribution < -0.4 is 10.9 Å². The highest BCUT2D eigenvalue weighted by Crippen LogP contribution is 2.14. The zero-order chi connectivity index (χ0) is 14.4. The van der Waals surface area contributed by atoms with Gasteiger partial charge in [-0.3, -0.25) is 9.59 Å². The smallest absolute Gasteiger partial charge is 0.272 e. The van der Waals surface area contributed by atoms with Crippen molar-refractivity contribution in [3.05, 3.63) is 64.1 Å². The van der Waals surface area contributed by atoms with Gasteiger partial charge in [-0.05, 0) is 18.2 Å². The lowest BCUT2D eigenvalue weighted by Gasteiger charge is -2.07. The third kappa shape index (κ3) is 3.34. The lowest BCUT2D eigenvalue weighted by molar-refractivity contribution is 0.102. The van der Waals surface area contributed by atoms with Gasteiger partial charge in [0, 0.05) is 11.6 Å². The predicted molar refractivity (Wildman–Crippen MR) is 75.4 cm³/mol. The summed E-state index contributed by atoms with van der Waals surface area (Å²) in [5.74, 6) is 4.84.